The molecule has 1 aromatic heterocycles. The number of carbonyl (C=O) groups excluding carboxylic acids is 1. The van der Waals surface area contributed by atoms with Crippen molar-refractivity contribution in [1.82, 2.24) is 19.8 Å². The summed E-state index contributed by atoms with van der Waals surface area (Å²) in [6.07, 6.45) is 5.55. The highest BCUT2D eigenvalue weighted by Gasteiger charge is 2.41. The first-order valence-corrected chi connectivity index (χ1v) is 15.4. The molecule has 0 N–H and O–H groups in total. The second-order valence-electron chi connectivity index (χ2n) is 12.3. The molecule has 2 aromatic carbocycles. The molecule has 3 aliphatic rings. The lowest BCUT2D eigenvalue weighted by atomic mass is 9.99. The normalized spacial score (nSPS) is 21.8. The molecule has 224 valence electrons. The van der Waals surface area contributed by atoms with Crippen LogP contribution < -0.4 is 14.5 Å². The van der Waals surface area contributed by atoms with E-state index in [1.807, 2.05) is 11.8 Å². The van der Waals surface area contributed by atoms with E-state index >= 15 is 0 Å². The van der Waals surface area contributed by atoms with Gasteiger partial charge in [-0.05, 0) is 63.9 Å². The number of aryl methyl sites for hydroxylation is 1. The van der Waals surface area contributed by atoms with E-state index in [4.69, 9.17) is 14.7 Å². The molecule has 1 saturated heterocycles. The third-order valence-corrected chi connectivity index (χ3v) is 8.87. The number of benzene rings is 2. The maximum absolute atomic E-state index is 12.8. The minimum absolute atomic E-state index is 0.0437. The third kappa shape index (κ3) is 6.02. The lowest BCUT2D eigenvalue weighted by Gasteiger charge is -2.42. The SMILES string of the molecule is C/C=C/C(=O)N1CCN(c2nc(OC3CC3CN(C)C)nc3c2CCN(c2cccc4cccc(C)c24)C3)C[C@@H]1CC#N. The zero-order valence-electron chi connectivity index (χ0n) is 25.7. The number of nitrogens with zero attached hydrogens (tertiary/aromatic N) is 7. The van der Waals surface area contributed by atoms with Crippen LogP contribution in [0, 0.1) is 24.2 Å². The first-order chi connectivity index (χ1) is 20.9. The van der Waals surface area contributed by atoms with Crippen LogP contribution in [0.2, 0.25) is 0 Å². The predicted octanol–water partition coefficient (Wildman–Crippen LogP) is 4.34. The van der Waals surface area contributed by atoms with Gasteiger partial charge < -0.3 is 24.3 Å². The molecule has 3 aromatic rings. The Hall–Kier alpha value is -4.16. The number of anilines is 2. The Kier molecular flexibility index (Phi) is 8.22. The summed E-state index contributed by atoms with van der Waals surface area (Å²) in [5, 5.41) is 12.1. The summed E-state index contributed by atoms with van der Waals surface area (Å²) >= 11 is 0. The van der Waals surface area contributed by atoms with Crippen LogP contribution >= 0.6 is 0 Å². The number of amides is 1. The van der Waals surface area contributed by atoms with Gasteiger partial charge in [0.2, 0.25) is 5.91 Å². The Morgan fingerprint density at radius 2 is 1.95 bits per heavy atom. The Morgan fingerprint density at radius 1 is 1.14 bits per heavy atom. The highest BCUT2D eigenvalue weighted by Crippen LogP contribution is 2.38. The van der Waals surface area contributed by atoms with E-state index in [1.54, 1.807) is 12.2 Å². The summed E-state index contributed by atoms with van der Waals surface area (Å²) in [5.74, 6) is 1.33. The second-order valence-corrected chi connectivity index (χ2v) is 12.3. The standard InChI is InChI=1S/C34H41N7O2/c1-5-8-31(42)41-18-17-40(21-26(41)13-15-35)33-27-14-16-39(29-12-7-11-24-10-6-9-23(2)32(24)29)22-28(27)36-34(37-33)43-30-19-25(30)20-38(3)4/h5-12,25-26,30H,13-14,16-22H2,1-4H3/b8-5+/t25?,26-,30?/m0/s1. The van der Waals surface area contributed by atoms with Crippen LogP contribution in [0.25, 0.3) is 10.8 Å². The van der Waals surface area contributed by atoms with Crippen molar-refractivity contribution in [3.05, 3.63) is 65.4 Å². The molecule has 2 fully saturated rings. The molecule has 1 aliphatic carbocycles. The van der Waals surface area contributed by atoms with E-state index in [0.29, 0.717) is 38.1 Å². The molecule has 0 spiro atoms. The number of hydrogen-bond acceptors (Lipinski definition) is 8. The quantitative estimate of drug-likeness (QED) is 0.365. The fourth-order valence-corrected chi connectivity index (χ4v) is 6.69. The fourth-order valence-electron chi connectivity index (χ4n) is 6.69. The van der Waals surface area contributed by atoms with E-state index in [1.165, 1.54) is 22.0 Å². The van der Waals surface area contributed by atoms with Crippen LogP contribution in [0.1, 0.15) is 36.6 Å². The number of nitriles is 1. The minimum Gasteiger partial charge on any atom is -0.460 e. The molecule has 0 bridgehead atoms. The van der Waals surface area contributed by atoms with Crippen LogP contribution in [0.4, 0.5) is 11.5 Å². The van der Waals surface area contributed by atoms with E-state index in [2.05, 4.69) is 78.2 Å². The third-order valence-electron chi connectivity index (χ3n) is 8.87. The molecular formula is C34H41N7O2. The van der Waals surface area contributed by atoms with Gasteiger partial charge in [-0.1, -0.05) is 36.4 Å². The monoisotopic (exact) mass is 579 g/mol. The van der Waals surface area contributed by atoms with Crippen molar-refractivity contribution in [2.45, 2.75) is 51.8 Å². The smallest absolute Gasteiger partial charge is 0.318 e. The van der Waals surface area contributed by atoms with Gasteiger partial charge in [-0.25, -0.2) is 0 Å². The molecular weight excluding hydrogens is 538 g/mol. The number of rotatable bonds is 8. The lowest BCUT2D eigenvalue weighted by molar-refractivity contribution is -0.128. The Morgan fingerprint density at radius 3 is 2.72 bits per heavy atom. The number of fused-ring (bicyclic) bond motifs is 2. The maximum Gasteiger partial charge on any atom is 0.318 e. The van der Waals surface area contributed by atoms with Crippen LogP contribution in [-0.4, -0.2) is 84.6 Å². The van der Waals surface area contributed by atoms with Gasteiger partial charge in [0.05, 0.1) is 30.8 Å². The highest BCUT2D eigenvalue weighted by atomic mass is 16.5. The topological polar surface area (TPSA) is 88.8 Å². The summed E-state index contributed by atoms with van der Waals surface area (Å²) in [4.78, 5) is 31.5. The molecule has 2 aliphatic heterocycles. The van der Waals surface area contributed by atoms with E-state index < -0.39 is 0 Å². The number of ether oxygens (including phenoxy) is 1. The summed E-state index contributed by atoms with van der Waals surface area (Å²) in [7, 11) is 4.18. The summed E-state index contributed by atoms with van der Waals surface area (Å²) in [6.45, 7) is 8.26. The molecule has 1 saturated carbocycles. The minimum atomic E-state index is -0.205. The van der Waals surface area contributed by atoms with Crippen LogP contribution in [0.3, 0.4) is 0 Å². The molecule has 43 heavy (non-hydrogen) atoms. The van der Waals surface area contributed by atoms with Crippen molar-refractivity contribution in [3.63, 3.8) is 0 Å². The molecule has 6 rings (SSSR count). The molecule has 3 atom stereocenters. The number of carbonyl (C=O) groups is 1. The Balaban J connectivity index is 1.33. The Bertz CT molecular complexity index is 1570. The van der Waals surface area contributed by atoms with Crippen LogP contribution in [-0.2, 0) is 17.8 Å². The summed E-state index contributed by atoms with van der Waals surface area (Å²) in [6, 6.07) is 15.5. The van der Waals surface area contributed by atoms with Gasteiger partial charge in [0, 0.05) is 55.3 Å². The van der Waals surface area contributed by atoms with Gasteiger partial charge in [-0.3, -0.25) is 4.79 Å². The van der Waals surface area contributed by atoms with Crippen molar-refractivity contribution in [2.24, 2.45) is 5.92 Å². The van der Waals surface area contributed by atoms with Crippen LogP contribution in [0.15, 0.2) is 48.6 Å². The largest absolute Gasteiger partial charge is 0.460 e. The summed E-state index contributed by atoms with van der Waals surface area (Å²) < 4.78 is 6.41. The van der Waals surface area contributed by atoms with E-state index in [-0.39, 0.29) is 24.5 Å². The van der Waals surface area contributed by atoms with Gasteiger partial charge in [0.25, 0.3) is 0 Å². The maximum atomic E-state index is 12.8. The molecule has 1 amide bonds. The van der Waals surface area contributed by atoms with Crippen molar-refractivity contribution in [3.8, 4) is 12.1 Å². The number of piperazine rings is 1. The zero-order chi connectivity index (χ0) is 30.1. The lowest BCUT2D eigenvalue weighted by Crippen LogP contribution is -2.55. The average molecular weight is 580 g/mol. The second kappa shape index (κ2) is 12.2. The first kappa shape index (κ1) is 28.9. The molecule has 9 nitrogen and oxygen atoms in total. The molecule has 3 heterocycles. The number of allylic oxidation sites excluding steroid dienone is 1. The van der Waals surface area contributed by atoms with Gasteiger partial charge in [-0.2, -0.15) is 15.2 Å². The van der Waals surface area contributed by atoms with E-state index in [0.717, 1.165) is 43.0 Å². The number of hydrogen-bond donors (Lipinski definition) is 0. The number of aromatic nitrogens is 2. The molecule has 2 unspecified atom stereocenters. The van der Waals surface area contributed by atoms with Crippen molar-refractivity contribution < 1.29 is 9.53 Å². The van der Waals surface area contributed by atoms with Crippen molar-refractivity contribution in [1.29, 1.82) is 5.26 Å². The fraction of sp³-hybridized carbons (Fsp3) is 0.471. The van der Waals surface area contributed by atoms with Gasteiger partial charge >= 0.3 is 6.01 Å². The Labute approximate surface area is 254 Å². The highest BCUT2D eigenvalue weighted by molar-refractivity contribution is 5.97. The first-order valence-electron chi connectivity index (χ1n) is 15.4. The van der Waals surface area contributed by atoms with Gasteiger partial charge in [0.15, 0.2) is 0 Å². The van der Waals surface area contributed by atoms with Crippen LogP contribution in [0.5, 0.6) is 6.01 Å². The molecule has 9 heteroatoms. The predicted molar refractivity (Wildman–Crippen MR) is 169 cm³/mol. The van der Waals surface area contributed by atoms with E-state index in [9.17, 15) is 10.1 Å². The average Bonchev–Trinajstić information content (AvgIpc) is 3.72. The van der Waals surface area contributed by atoms with Crippen molar-refractivity contribution in [2.75, 3.05) is 56.6 Å². The zero-order valence-corrected chi connectivity index (χ0v) is 25.7. The molecule has 0 radical (unpaired) electrons. The van der Waals surface area contributed by atoms with Crippen molar-refractivity contribution >= 4 is 28.2 Å². The summed E-state index contributed by atoms with van der Waals surface area (Å²) in [5.41, 5.74) is 4.62. The van der Waals surface area contributed by atoms with Gasteiger partial charge in [0.1, 0.15) is 11.9 Å². The van der Waals surface area contributed by atoms with Gasteiger partial charge in [-0.15, -0.1) is 0 Å².